The Kier molecular flexibility index (Phi) is 6.21. The Labute approximate surface area is 152 Å². The zero-order valence-corrected chi connectivity index (χ0v) is 16.3. The van der Waals surface area contributed by atoms with Crippen molar-refractivity contribution in [2.75, 3.05) is 25.1 Å². The molecule has 0 spiro atoms. The van der Waals surface area contributed by atoms with E-state index < -0.39 is 5.60 Å². The third-order valence-corrected chi connectivity index (χ3v) is 3.98. The summed E-state index contributed by atoms with van der Waals surface area (Å²) in [7, 11) is 1.89. The minimum absolute atomic E-state index is 0.245. The molecule has 0 bridgehead atoms. The smallest absolute Gasteiger partial charge is 0.410 e. The van der Waals surface area contributed by atoms with Gasteiger partial charge in [-0.25, -0.2) is 9.78 Å². The lowest BCUT2D eigenvalue weighted by atomic mass is 10.2. The van der Waals surface area contributed by atoms with E-state index in [1.807, 2.05) is 46.0 Å². The zero-order chi connectivity index (χ0) is 17.7. The first kappa shape index (κ1) is 18.7. The van der Waals surface area contributed by atoms with Crippen LogP contribution < -0.4 is 5.01 Å². The minimum Gasteiger partial charge on any atom is -0.444 e. The second kappa shape index (κ2) is 7.96. The molecular weight excluding hydrogens is 372 g/mol. The van der Waals surface area contributed by atoms with Crippen molar-refractivity contribution in [2.24, 2.45) is 5.10 Å². The van der Waals surface area contributed by atoms with E-state index in [0.717, 1.165) is 35.4 Å². The molecule has 0 unspecified atom stereocenters. The maximum atomic E-state index is 12.2. The van der Waals surface area contributed by atoms with Crippen LogP contribution in [0, 0.1) is 0 Å². The van der Waals surface area contributed by atoms with Crippen molar-refractivity contribution in [3.05, 3.63) is 22.8 Å². The molecular formula is C17H25BrN4O2. The van der Waals surface area contributed by atoms with Gasteiger partial charge in [0.1, 0.15) is 16.0 Å². The molecule has 1 fully saturated rings. The number of halogens is 1. The molecule has 0 atom stereocenters. The van der Waals surface area contributed by atoms with E-state index in [-0.39, 0.29) is 6.09 Å². The molecule has 0 saturated carbocycles. The van der Waals surface area contributed by atoms with Gasteiger partial charge < -0.3 is 9.64 Å². The topological polar surface area (TPSA) is 58.0 Å². The van der Waals surface area contributed by atoms with Crippen molar-refractivity contribution >= 4 is 33.6 Å². The largest absolute Gasteiger partial charge is 0.444 e. The first-order valence-corrected chi connectivity index (χ1v) is 8.94. The van der Waals surface area contributed by atoms with Crippen LogP contribution in [-0.2, 0) is 4.74 Å². The van der Waals surface area contributed by atoms with Crippen LogP contribution >= 0.6 is 15.9 Å². The van der Waals surface area contributed by atoms with Crippen molar-refractivity contribution in [3.8, 4) is 0 Å². The molecule has 0 aliphatic carbocycles. The van der Waals surface area contributed by atoms with Gasteiger partial charge in [0.05, 0.1) is 0 Å². The summed E-state index contributed by atoms with van der Waals surface area (Å²) in [6.07, 6.45) is 2.26. The molecule has 1 aromatic rings. The van der Waals surface area contributed by atoms with Gasteiger partial charge in [0.2, 0.25) is 0 Å². The third kappa shape index (κ3) is 5.78. The molecule has 7 heteroatoms. The number of hydrogen-bond acceptors (Lipinski definition) is 5. The molecule has 1 saturated heterocycles. The van der Waals surface area contributed by atoms with Gasteiger partial charge in [-0.2, -0.15) is 5.10 Å². The summed E-state index contributed by atoms with van der Waals surface area (Å²) in [6, 6.07) is 5.73. The highest BCUT2D eigenvalue weighted by Gasteiger charge is 2.24. The van der Waals surface area contributed by atoms with Crippen LogP contribution in [0.15, 0.2) is 27.9 Å². The van der Waals surface area contributed by atoms with Crippen molar-refractivity contribution < 1.29 is 9.53 Å². The molecule has 2 heterocycles. The van der Waals surface area contributed by atoms with Crippen molar-refractivity contribution in [3.63, 3.8) is 0 Å². The number of anilines is 1. The number of hydrogen-bond donors (Lipinski definition) is 0. The van der Waals surface area contributed by atoms with Crippen LogP contribution in [0.5, 0.6) is 0 Å². The lowest BCUT2D eigenvalue weighted by Crippen LogP contribution is -2.37. The van der Waals surface area contributed by atoms with Gasteiger partial charge in [0, 0.05) is 32.3 Å². The predicted octanol–water partition coefficient (Wildman–Crippen LogP) is 4.06. The highest BCUT2D eigenvalue weighted by Crippen LogP contribution is 2.17. The SMILES string of the molecule is CN(/N=C1\CCCN(C(=O)OC(C)(C)C)CC1)c1cccc(Br)n1. The molecule has 24 heavy (non-hydrogen) atoms. The Bertz CT molecular complexity index is 613. The van der Waals surface area contributed by atoms with E-state index in [9.17, 15) is 4.79 Å². The number of ether oxygens (including phenoxy) is 1. The molecule has 0 N–H and O–H groups in total. The third-order valence-electron chi connectivity index (χ3n) is 3.54. The van der Waals surface area contributed by atoms with E-state index in [2.05, 4.69) is 26.0 Å². The molecule has 2 rings (SSSR count). The number of aromatic nitrogens is 1. The highest BCUT2D eigenvalue weighted by molar-refractivity contribution is 9.10. The van der Waals surface area contributed by atoms with E-state index in [4.69, 9.17) is 4.74 Å². The van der Waals surface area contributed by atoms with E-state index in [1.54, 1.807) is 9.91 Å². The normalized spacial score (nSPS) is 17.5. The highest BCUT2D eigenvalue weighted by atomic mass is 79.9. The molecule has 0 radical (unpaired) electrons. The number of hydrazone groups is 1. The van der Waals surface area contributed by atoms with E-state index in [0.29, 0.717) is 13.1 Å². The lowest BCUT2D eigenvalue weighted by molar-refractivity contribution is 0.0259. The molecule has 6 nitrogen and oxygen atoms in total. The van der Waals surface area contributed by atoms with Gasteiger partial charge in [-0.1, -0.05) is 6.07 Å². The predicted molar refractivity (Wildman–Crippen MR) is 99.4 cm³/mol. The van der Waals surface area contributed by atoms with Crippen LogP contribution in [0.25, 0.3) is 0 Å². The van der Waals surface area contributed by atoms with Gasteiger partial charge in [0.15, 0.2) is 0 Å². The van der Waals surface area contributed by atoms with Crippen molar-refractivity contribution in [1.82, 2.24) is 9.88 Å². The minimum atomic E-state index is -0.465. The number of carbonyl (C=O) groups is 1. The maximum Gasteiger partial charge on any atom is 0.410 e. The molecule has 1 aliphatic heterocycles. The van der Waals surface area contributed by atoms with E-state index in [1.165, 1.54) is 0 Å². The Morgan fingerprint density at radius 2 is 2.08 bits per heavy atom. The van der Waals surface area contributed by atoms with Gasteiger partial charge in [-0.3, -0.25) is 5.01 Å². The Morgan fingerprint density at radius 3 is 2.75 bits per heavy atom. The van der Waals surface area contributed by atoms with Crippen molar-refractivity contribution in [1.29, 1.82) is 0 Å². The molecule has 1 amide bonds. The van der Waals surface area contributed by atoms with Gasteiger partial charge in [-0.05, 0) is 61.7 Å². The van der Waals surface area contributed by atoms with Gasteiger partial charge in [-0.15, -0.1) is 0 Å². The summed E-state index contributed by atoms with van der Waals surface area (Å²) in [5.74, 6) is 0.783. The summed E-state index contributed by atoms with van der Waals surface area (Å²) in [5, 5.41) is 6.44. The van der Waals surface area contributed by atoms with E-state index >= 15 is 0 Å². The van der Waals surface area contributed by atoms with Crippen LogP contribution in [0.1, 0.15) is 40.0 Å². The monoisotopic (exact) mass is 396 g/mol. The summed E-state index contributed by atoms with van der Waals surface area (Å²) in [6.45, 7) is 6.99. The standard InChI is InChI=1S/C17H25BrN4O2/c1-17(2,3)24-16(23)22-11-6-7-13(10-12-22)20-21(4)15-9-5-8-14(18)19-15/h5,8-9H,6-7,10-12H2,1-4H3/b20-13+. The average molecular weight is 397 g/mol. The van der Waals surface area contributed by atoms with Gasteiger partial charge >= 0.3 is 6.09 Å². The summed E-state index contributed by atoms with van der Waals surface area (Å²) >= 11 is 3.37. The number of pyridine rings is 1. The molecule has 1 aliphatic rings. The van der Waals surface area contributed by atoms with Crippen LogP contribution in [0.3, 0.4) is 0 Å². The second-order valence-corrected chi connectivity index (χ2v) is 7.64. The fourth-order valence-electron chi connectivity index (χ4n) is 2.42. The zero-order valence-electron chi connectivity index (χ0n) is 14.8. The van der Waals surface area contributed by atoms with Crippen LogP contribution in [-0.4, -0.2) is 47.4 Å². The number of nitrogens with zero attached hydrogens (tertiary/aromatic N) is 4. The number of likely N-dealkylation sites (tertiary alicyclic amines) is 1. The van der Waals surface area contributed by atoms with Crippen molar-refractivity contribution in [2.45, 2.75) is 45.6 Å². The number of amides is 1. The summed E-state index contributed by atoms with van der Waals surface area (Å²) in [5.41, 5.74) is 0.609. The summed E-state index contributed by atoms with van der Waals surface area (Å²) in [4.78, 5) is 18.4. The summed E-state index contributed by atoms with van der Waals surface area (Å²) < 4.78 is 6.23. The Hall–Kier alpha value is -1.63. The first-order valence-electron chi connectivity index (χ1n) is 8.15. The quantitative estimate of drug-likeness (QED) is 0.558. The van der Waals surface area contributed by atoms with Gasteiger partial charge in [0.25, 0.3) is 0 Å². The Morgan fingerprint density at radius 1 is 1.33 bits per heavy atom. The molecule has 132 valence electrons. The molecule has 0 aromatic carbocycles. The fourth-order valence-corrected chi connectivity index (χ4v) is 2.76. The molecule has 1 aromatic heterocycles. The number of rotatable bonds is 2. The second-order valence-electron chi connectivity index (χ2n) is 6.83. The van der Waals surface area contributed by atoms with Crippen LogP contribution in [0.4, 0.5) is 10.6 Å². The Balaban J connectivity index is 1.98. The lowest BCUT2D eigenvalue weighted by Gasteiger charge is -2.26. The first-order chi connectivity index (χ1) is 11.2. The average Bonchev–Trinajstić information content (AvgIpc) is 2.71. The maximum absolute atomic E-state index is 12.2. The van der Waals surface area contributed by atoms with Crippen LogP contribution in [0.2, 0.25) is 0 Å². The number of carbonyl (C=O) groups excluding carboxylic acids is 1. The fraction of sp³-hybridized carbons (Fsp3) is 0.588.